The van der Waals surface area contributed by atoms with Gasteiger partial charge < -0.3 is 4.74 Å². The molecule has 0 aliphatic carbocycles. The highest BCUT2D eigenvalue weighted by molar-refractivity contribution is 7.92. The maximum absolute atomic E-state index is 12.4. The fraction of sp³-hybridized carbons (Fsp3) is 0.400. The summed E-state index contributed by atoms with van der Waals surface area (Å²) in [6.45, 7) is 0.348. The van der Waals surface area contributed by atoms with Crippen LogP contribution in [-0.4, -0.2) is 38.4 Å². The molecule has 0 radical (unpaired) electrons. The second kappa shape index (κ2) is 6.87. The minimum absolute atomic E-state index is 0.348. The van der Waals surface area contributed by atoms with Gasteiger partial charge in [0.05, 0.1) is 7.11 Å². The smallest absolute Gasteiger partial charge is 0.324 e. The highest BCUT2D eigenvalue weighted by Crippen LogP contribution is 2.22. The molecule has 0 N–H and O–H groups in total. The Hall–Kier alpha value is -1.66. The molecule has 2 rings (SSSR count). The molecule has 1 aromatic rings. The average molecular weight is 309 g/mol. The van der Waals surface area contributed by atoms with Gasteiger partial charge in [0.15, 0.2) is 0 Å². The van der Waals surface area contributed by atoms with Crippen LogP contribution in [0.5, 0.6) is 0 Å². The molecule has 0 saturated carbocycles. The summed E-state index contributed by atoms with van der Waals surface area (Å²) in [6.07, 6.45) is 3.63. The van der Waals surface area contributed by atoms with Gasteiger partial charge >= 0.3 is 5.97 Å². The maximum Gasteiger partial charge on any atom is 0.324 e. The molecular weight excluding hydrogens is 290 g/mol. The third kappa shape index (κ3) is 3.92. The number of methoxy groups -OCH3 is 1. The third-order valence-electron chi connectivity index (χ3n) is 3.49. The Kier molecular flexibility index (Phi) is 5.14. The van der Waals surface area contributed by atoms with Crippen LogP contribution in [0.25, 0.3) is 6.08 Å². The topological polar surface area (TPSA) is 63.7 Å². The van der Waals surface area contributed by atoms with E-state index in [0.717, 1.165) is 23.8 Å². The largest absolute Gasteiger partial charge is 0.468 e. The summed E-state index contributed by atoms with van der Waals surface area (Å²) in [7, 11) is -2.35. The van der Waals surface area contributed by atoms with Crippen molar-refractivity contribution in [1.29, 1.82) is 0 Å². The SMILES string of the molecule is COC(=O)[C@@H]1CCCCN1S(=O)(=O)/C=C/c1ccccc1. The van der Waals surface area contributed by atoms with Crippen LogP contribution < -0.4 is 0 Å². The van der Waals surface area contributed by atoms with E-state index in [1.165, 1.54) is 17.5 Å². The fourth-order valence-corrected chi connectivity index (χ4v) is 3.80. The van der Waals surface area contributed by atoms with Crippen molar-refractivity contribution in [2.45, 2.75) is 25.3 Å². The van der Waals surface area contributed by atoms with Crippen molar-refractivity contribution in [1.82, 2.24) is 4.31 Å². The van der Waals surface area contributed by atoms with Gasteiger partial charge in [-0.05, 0) is 30.9 Å². The molecule has 5 nitrogen and oxygen atoms in total. The number of carbonyl (C=O) groups excluding carboxylic acids is 1. The first-order valence-electron chi connectivity index (χ1n) is 6.87. The van der Waals surface area contributed by atoms with E-state index < -0.39 is 22.0 Å². The molecule has 1 aromatic carbocycles. The monoisotopic (exact) mass is 309 g/mol. The number of benzene rings is 1. The molecule has 1 aliphatic rings. The third-order valence-corrected chi connectivity index (χ3v) is 5.06. The number of sulfonamides is 1. The zero-order valence-electron chi connectivity index (χ0n) is 11.9. The van der Waals surface area contributed by atoms with Crippen molar-refractivity contribution in [2.75, 3.05) is 13.7 Å². The first-order valence-corrected chi connectivity index (χ1v) is 8.38. The first-order chi connectivity index (χ1) is 10.0. The van der Waals surface area contributed by atoms with Crippen LogP contribution in [-0.2, 0) is 19.6 Å². The molecule has 6 heteroatoms. The molecule has 114 valence electrons. The Morgan fingerprint density at radius 3 is 2.67 bits per heavy atom. The van der Waals surface area contributed by atoms with Gasteiger partial charge in [0.25, 0.3) is 0 Å². The number of hydrogen-bond acceptors (Lipinski definition) is 4. The van der Waals surface area contributed by atoms with Gasteiger partial charge in [0, 0.05) is 12.0 Å². The van der Waals surface area contributed by atoms with Crippen molar-refractivity contribution in [3.8, 4) is 0 Å². The Balaban J connectivity index is 2.20. The van der Waals surface area contributed by atoms with E-state index in [-0.39, 0.29) is 0 Å². The van der Waals surface area contributed by atoms with E-state index in [0.29, 0.717) is 13.0 Å². The van der Waals surface area contributed by atoms with Gasteiger partial charge in [-0.2, -0.15) is 4.31 Å². The Labute approximate surface area is 125 Å². The number of carbonyl (C=O) groups is 1. The minimum atomic E-state index is -3.63. The van der Waals surface area contributed by atoms with Crippen LogP contribution in [0.1, 0.15) is 24.8 Å². The molecule has 0 bridgehead atoms. The van der Waals surface area contributed by atoms with Gasteiger partial charge in [-0.3, -0.25) is 4.79 Å². The minimum Gasteiger partial charge on any atom is -0.468 e. The number of ether oxygens (including phenoxy) is 1. The quantitative estimate of drug-likeness (QED) is 0.798. The molecule has 0 spiro atoms. The van der Waals surface area contributed by atoms with Crippen LogP contribution in [0.2, 0.25) is 0 Å². The van der Waals surface area contributed by atoms with Crippen LogP contribution >= 0.6 is 0 Å². The summed E-state index contributed by atoms with van der Waals surface area (Å²) in [6, 6.07) is 8.47. The molecule has 1 fully saturated rings. The number of piperidine rings is 1. The molecule has 21 heavy (non-hydrogen) atoms. The molecular formula is C15H19NO4S. The summed E-state index contributed by atoms with van der Waals surface area (Å²) in [5, 5.41) is 1.16. The zero-order chi connectivity index (χ0) is 15.3. The molecule has 1 atom stereocenters. The Morgan fingerprint density at radius 1 is 1.29 bits per heavy atom. The van der Waals surface area contributed by atoms with Gasteiger partial charge in [0.2, 0.25) is 10.0 Å². The van der Waals surface area contributed by atoms with Crippen LogP contribution in [0.15, 0.2) is 35.7 Å². The Bertz CT molecular complexity index is 610. The van der Waals surface area contributed by atoms with E-state index in [1.54, 1.807) is 0 Å². The highest BCUT2D eigenvalue weighted by Gasteiger charge is 2.36. The molecule has 0 amide bonds. The number of esters is 1. The summed E-state index contributed by atoms with van der Waals surface area (Å²) in [5.74, 6) is -0.494. The van der Waals surface area contributed by atoms with Crippen LogP contribution in [0.3, 0.4) is 0 Å². The van der Waals surface area contributed by atoms with Crippen molar-refractivity contribution >= 4 is 22.1 Å². The molecule has 0 unspecified atom stereocenters. The fourth-order valence-electron chi connectivity index (χ4n) is 2.39. The molecule has 1 heterocycles. The van der Waals surface area contributed by atoms with E-state index in [4.69, 9.17) is 4.74 Å². The second-order valence-corrected chi connectivity index (χ2v) is 6.67. The molecule has 1 aliphatic heterocycles. The lowest BCUT2D eigenvalue weighted by Gasteiger charge is -2.31. The normalized spacial score (nSPS) is 20.5. The predicted molar refractivity (Wildman–Crippen MR) is 80.8 cm³/mol. The molecule has 0 aromatic heterocycles. The summed E-state index contributed by atoms with van der Waals surface area (Å²) in [4.78, 5) is 11.7. The van der Waals surface area contributed by atoms with Gasteiger partial charge in [0.1, 0.15) is 6.04 Å². The number of nitrogens with zero attached hydrogens (tertiary/aromatic N) is 1. The zero-order valence-corrected chi connectivity index (χ0v) is 12.8. The van der Waals surface area contributed by atoms with Crippen LogP contribution in [0, 0.1) is 0 Å². The number of hydrogen-bond donors (Lipinski definition) is 0. The lowest BCUT2D eigenvalue weighted by Crippen LogP contribution is -2.47. The Morgan fingerprint density at radius 2 is 2.00 bits per heavy atom. The van der Waals surface area contributed by atoms with Crippen molar-refractivity contribution in [3.05, 3.63) is 41.3 Å². The van der Waals surface area contributed by atoms with E-state index >= 15 is 0 Å². The first kappa shape index (κ1) is 15.7. The highest BCUT2D eigenvalue weighted by atomic mass is 32.2. The van der Waals surface area contributed by atoms with Crippen molar-refractivity contribution < 1.29 is 17.9 Å². The summed E-state index contributed by atoms with van der Waals surface area (Å²) in [5.41, 5.74) is 0.799. The lowest BCUT2D eigenvalue weighted by molar-refractivity contribution is -0.146. The summed E-state index contributed by atoms with van der Waals surface area (Å²) >= 11 is 0. The predicted octanol–water partition coefficient (Wildman–Crippen LogP) is 2.01. The van der Waals surface area contributed by atoms with E-state index in [9.17, 15) is 13.2 Å². The van der Waals surface area contributed by atoms with Gasteiger partial charge in [-0.15, -0.1) is 0 Å². The second-order valence-electron chi connectivity index (χ2n) is 4.90. The summed E-state index contributed by atoms with van der Waals surface area (Å²) < 4.78 is 30.8. The van der Waals surface area contributed by atoms with Gasteiger partial charge in [-0.1, -0.05) is 30.3 Å². The van der Waals surface area contributed by atoms with E-state index in [2.05, 4.69) is 0 Å². The van der Waals surface area contributed by atoms with E-state index in [1.807, 2.05) is 30.3 Å². The lowest BCUT2D eigenvalue weighted by atomic mass is 10.1. The number of rotatable bonds is 4. The average Bonchev–Trinajstić information content (AvgIpc) is 2.53. The molecule has 1 saturated heterocycles. The van der Waals surface area contributed by atoms with Crippen LogP contribution in [0.4, 0.5) is 0 Å². The maximum atomic E-state index is 12.4. The standard InChI is InChI=1S/C15H19NO4S/c1-20-15(17)14-9-5-6-11-16(14)21(18,19)12-10-13-7-3-2-4-8-13/h2-4,7-8,10,12,14H,5-6,9,11H2,1H3/b12-10+/t14-/m0/s1. The van der Waals surface area contributed by atoms with Crippen molar-refractivity contribution in [2.24, 2.45) is 0 Å². The van der Waals surface area contributed by atoms with Crippen molar-refractivity contribution in [3.63, 3.8) is 0 Å². The van der Waals surface area contributed by atoms with Gasteiger partial charge in [-0.25, -0.2) is 8.42 Å².